The van der Waals surface area contributed by atoms with Crippen LogP contribution in [-0.4, -0.2) is 28.1 Å². The molecule has 0 radical (unpaired) electrons. The Morgan fingerprint density at radius 3 is 2.68 bits per heavy atom. The quantitative estimate of drug-likeness (QED) is 0.880. The van der Waals surface area contributed by atoms with Crippen LogP contribution in [0.3, 0.4) is 0 Å². The van der Waals surface area contributed by atoms with Crippen molar-refractivity contribution in [3.8, 4) is 0 Å². The van der Waals surface area contributed by atoms with Gasteiger partial charge in [-0.3, -0.25) is 4.79 Å². The van der Waals surface area contributed by atoms with Crippen LogP contribution >= 0.6 is 0 Å². The summed E-state index contributed by atoms with van der Waals surface area (Å²) in [4.78, 5) is 26.6. The number of anilines is 1. The van der Waals surface area contributed by atoms with Crippen molar-refractivity contribution in [2.24, 2.45) is 7.05 Å². The molecule has 0 spiro atoms. The molecule has 1 fully saturated rings. The molecule has 5 nitrogen and oxygen atoms in total. The molecule has 116 valence electrons. The van der Waals surface area contributed by atoms with E-state index in [0.717, 1.165) is 24.8 Å². The molecule has 1 aliphatic rings. The summed E-state index contributed by atoms with van der Waals surface area (Å²) in [6.07, 6.45) is 4.96. The highest BCUT2D eigenvalue weighted by atomic mass is 16.2. The second-order valence-corrected chi connectivity index (χ2v) is 5.97. The van der Waals surface area contributed by atoms with Crippen LogP contribution in [0.25, 0.3) is 10.8 Å². The number of aromatic nitrogens is 1. The third kappa shape index (κ3) is 2.58. The largest absolute Gasteiger partial charge is 0.322 e. The lowest BCUT2D eigenvalue weighted by atomic mass is 10.0. The van der Waals surface area contributed by atoms with E-state index < -0.39 is 0 Å². The number of fused-ring (bicyclic) bond motifs is 1. The number of pyridine rings is 1. The van der Waals surface area contributed by atoms with Crippen molar-refractivity contribution in [2.45, 2.75) is 32.2 Å². The Hall–Kier alpha value is -2.30. The lowest BCUT2D eigenvalue weighted by Crippen LogP contribution is -2.44. The van der Waals surface area contributed by atoms with Gasteiger partial charge >= 0.3 is 6.03 Å². The standard InChI is InChI=1S/C17H21N3O2/c1-12-7-5-6-10-20(12)17(22)18-15-11-19(2)16(21)14-9-4-3-8-13(14)15/h3-4,8-9,11-12H,5-7,10H2,1-2H3,(H,18,22)/t12-/m0/s1. The highest BCUT2D eigenvalue weighted by Gasteiger charge is 2.23. The van der Waals surface area contributed by atoms with Gasteiger partial charge in [0.05, 0.1) is 5.69 Å². The molecular formula is C17H21N3O2. The summed E-state index contributed by atoms with van der Waals surface area (Å²) in [7, 11) is 1.70. The molecule has 0 saturated carbocycles. The minimum absolute atomic E-state index is 0.0556. The number of carbonyl (C=O) groups excluding carboxylic acids is 1. The van der Waals surface area contributed by atoms with Crippen molar-refractivity contribution in [1.82, 2.24) is 9.47 Å². The van der Waals surface area contributed by atoms with E-state index in [1.165, 1.54) is 11.0 Å². The summed E-state index contributed by atoms with van der Waals surface area (Å²) in [6.45, 7) is 2.87. The highest BCUT2D eigenvalue weighted by Crippen LogP contribution is 2.22. The average molecular weight is 299 g/mol. The number of rotatable bonds is 1. The number of urea groups is 1. The monoisotopic (exact) mass is 299 g/mol. The maximum atomic E-state index is 12.5. The van der Waals surface area contributed by atoms with Crippen LogP contribution in [0.1, 0.15) is 26.2 Å². The summed E-state index contributed by atoms with van der Waals surface area (Å²) >= 11 is 0. The number of hydrogen-bond donors (Lipinski definition) is 1. The average Bonchev–Trinajstić information content (AvgIpc) is 2.52. The van der Waals surface area contributed by atoms with Gasteiger partial charge in [-0.1, -0.05) is 18.2 Å². The molecule has 2 heterocycles. The topological polar surface area (TPSA) is 54.3 Å². The number of hydrogen-bond acceptors (Lipinski definition) is 2. The predicted octanol–water partition coefficient (Wildman–Crippen LogP) is 2.94. The van der Waals surface area contributed by atoms with Gasteiger partial charge in [0.25, 0.3) is 5.56 Å². The van der Waals surface area contributed by atoms with Crippen molar-refractivity contribution >= 4 is 22.5 Å². The van der Waals surface area contributed by atoms with Gasteiger partial charge in [0.15, 0.2) is 0 Å². The lowest BCUT2D eigenvalue weighted by molar-refractivity contribution is 0.170. The normalized spacial score (nSPS) is 18.5. The second-order valence-electron chi connectivity index (χ2n) is 5.97. The van der Waals surface area contributed by atoms with Gasteiger partial charge in [-0.25, -0.2) is 4.79 Å². The van der Waals surface area contributed by atoms with Gasteiger partial charge in [0, 0.05) is 36.6 Å². The first-order valence-electron chi connectivity index (χ1n) is 7.74. The van der Waals surface area contributed by atoms with Gasteiger partial charge in [0.2, 0.25) is 0 Å². The molecule has 0 bridgehead atoms. The zero-order valence-corrected chi connectivity index (χ0v) is 13.0. The molecule has 0 aliphatic carbocycles. The number of carbonyl (C=O) groups is 1. The smallest absolute Gasteiger partial charge is 0.322 e. The summed E-state index contributed by atoms with van der Waals surface area (Å²) in [5.74, 6) is 0. The van der Waals surface area contributed by atoms with Crippen molar-refractivity contribution in [1.29, 1.82) is 0 Å². The van der Waals surface area contributed by atoms with E-state index in [0.29, 0.717) is 11.1 Å². The summed E-state index contributed by atoms with van der Waals surface area (Å²) in [5, 5.41) is 4.38. The third-order valence-corrected chi connectivity index (χ3v) is 4.40. The molecule has 3 rings (SSSR count). The Morgan fingerprint density at radius 1 is 1.23 bits per heavy atom. The number of likely N-dealkylation sites (tertiary alicyclic amines) is 1. The fourth-order valence-corrected chi connectivity index (χ4v) is 3.10. The van der Waals surface area contributed by atoms with Gasteiger partial charge < -0.3 is 14.8 Å². The van der Waals surface area contributed by atoms with E-state index in [1.54, 1.807) is 19.3 Å². The minimum Gasteiger partial charge on any atom is -0.322 e. The molecule has 1 N–H and O–H groups in total. The minimum atomic E-state index is -0.0870. The number of piperidine rings is 1. The number of nitrogens with zero attached hydrogens (tertiary/aromatic N) is 2. The summed E-state index contributed by atoms with van der Waals surface area (Å²) in [5.41, 5.74) is 0.625. The molecular weight excluding hydrogens is 278 g/mol. The fraction of sp³-hybridized carbons (Fsp3) is 0.412. The number of nitrogens with one attached hydrogen (secondary N) is 1. The van der Waals surface area contributed by atoms with E-state index in [4.69, 9.17) is 0 Å². The number of benzene rings is 1. The van der Waals surface area contributed by atoms with Crippen LogP contribution in [-0.2, 0) is 7.05 Å². The first-order chi connectivity index (χ1) is 10.6. The van der Waals surface area contributed by atoms with Crippen molar-refractivity contribution in [3.63, 3.8) is 0 Å². The van der Waals surface area contributed by atoms with E-state index in [9.17, 15) is 9.59 Å². The molecule has 22 heavy (non-hydrogen) atoms. The molecule has 1 atom stereocenters. The Morgan fingerprint density at radius 2 is 1.95 bits per heavy atom. The van der Waals surface area contributed by atoms with Gasteiger partial charge in [-0.05, 0) is 32.3 Å². The van der Waals surface area contributed by atoms with E-state index in [1.807, 2.05) is 23.1 Å². The maximum absolute atomic E-state index is 12.5. The first kappa shape index (κ1) is 14.6. The zero-order valence-electron chi connectivity index (χ0n) is 13.0. The summed E-state index contributed by atoms with van der Waals surface area (Å²) < 4.78 is 1.51. The van der Waals surface area contributed by atoms with Crippen LogP contribution in [0.15, 0.2) is 35.3 Å². The molecule has 2 aromatic rings. The highest BCUT2D eigenvalue weighted by molar-refractivity contribution is 6.01. The van der Waals surface area contributed by atoms with Crippen LogP contribution < -0.4 is 10.9 Å². The van der Waals surface area contributed by atoms with Gasteiger partial charge in [0.1, 0.15) is 0 Å². The zero-order chi connectivity index (χ0) is 15.7. The van der Waals surface area contributed by atoms with Crippen LogP contribution in [0.2, 0.25) is 0 Å². The first-order valence-corrected chi connectivity index (χ1v) is 7.74. The van der Waals surface area contributed by atoms with E-state index >= 15 is 0 Å². The van der Waals surface area contributed by atoms with E-state index in [2.05, 4.69) is 12.2 Å². The molecule has 0 unspecified atom stereocenters. The van der Waals surface area contributed by atoms with Crippen LogP contribution in [0.4, 0.5) is 10.5 Å². The van der Waals surface area contributed by atoms with Crippen LogP contribution in [0.5, 0.6) is 0 Å². The molecule has 1 aromatic heterocycles. The Bertz CT molecular complexity index is 766. The molecule has 5 heteroatoms. The van der Waals surface area contributed by atoms with Crippen molar-refractivity contribution in [3.05, 3.63) is 40.8 Å². The number of aryl methyl sites for hydroxylation is 1. The lowest BCUT2D eigenvalue weighted by Gasteiger charge is -2.33. The van der Waals surface area contributed by atoms with Gasteiger partial charge in [-0.15, -0.1) is 0 Å². The fourth-order valence-electron chi connectivity index (χ4n) is 3.10. The summed E-state index contributed by atoms with van der Waals surface area (Å²) in [6, 6.07) is 7.54. The SMILES string of the molecule is C[C@H]1CCCCN1C(=O)Nc1cn(C)c(=O)c2ccccc12. The van der Waals surface area contributed by atoms with Crippen molar-refractivity contribution in [2.75, 3.05) is 11.9 Å². The Labute approximate surface area is 129 Å². The number of amides is 2. The third-order valence-electron chi connectivity index (χ3n) is 4.40. The molecule has 1 aliphatic heterocycles. The van der Waals surface area contributed by atoms with Crippen LogP contribution in [0, 0.1) is 0 Å². The van der Waals surface area contributed by atoms with Crippen molar-refractivity contribution < 1.29 is 4.79 Å². The molecule has 1 saturated heterocycles. The van der Waals surface area contributed by atoms with E-state index in [-0.39, 0.29) is 17.6 Å². The Balaban J connectivity index is 1.95. The predicted molar refractivity (Wildman–Crippen MR) is 88.2 cm³/mol. The Kier molecular flexibility index (Phi) is 3.88. The molecule has 2 amide bonds. The second kappa shape index (κ2) is 5.83. The van der Waals surface area contributed by atoms with Gasteiger partial charge in [-0.2, -0.15) is 0 Å². The maximum Gasteiger partial charge on any atom is 0.322 e. The molecule has 1 aromatic carbocycles.